The number of hydrogen-bond acceptors (Lipinski definition) is 2. The Kier molecular flexibility index (Phi) is 3.27. The topological polar surface area (TPSA) is 24.4 Å². The molecule has 0 atom stereocenters. The first-order valence-electron chi connectivity index (χ1n) is 6.74. The highest BCUT2D eigenvalue weighted by Crippen LogP contribution is 2.32. The summed E-state index contributed by atoms with van der Waals surface area (Å²) in [6.45, 7) is 4.38. The van der Waals surface area contributed by atoms with Crippen molar-refractivity contribution in [2.75, 3.05) is 5.32 Å². The molecule has 0 unspecified atom stereocenters. The molecule has 0 fully saturated rings. The lowest BCUT2D eigenvalue weighted by atomic mass is 9.87. The highest BCUT2D eigenvalue weighted by molar-refractivity contribution is 6.30. The molecule has 0 spiro atoms. The molecule has 2 aromatic carbocycles. The fourth-order valence-electron chi connectivity index (χ4n) is 2.57. The Morgan fingerprint density at radius 2 is 1.90 bits per heavy atom. The molecule has 2 aromatic rings. The van der Waals surface area contributed by atoms with Gasteiger partial charge in [0.1, 0.15) is 0 Å². The van der Waals surface area contributed by atoms with Crippen molar-refractivity contribution >= 4 is 28.7 Å². The molecule has 20 heavy (non-hydrogen) atoms. The van der Waals surface area contributed by atoms with E-state index in [1.165, 1.54) is 5.56 Å². The van der Waals surface area contributed by atoms with Crippen LogP contribution in [0.1, 0.15) is 25.8 Å². The van der Waals surface area contributed by atoms with E-state index in [9.17, 15) is 0 Å². The Hall–Kier alpha value is -1.80. The van der Waals surface area contributed by atoms with Gasteiger partial charge in [0.25, 0.3) is 0 Å². The third kappa shape index (κ3) is 2.70. The number of hydrogen-bond donors (Lipinski definition) is 1. The van der Waals surface area contributed by atoms with Crippen LogP contribution in [-0.4, -0.2) is 11.3 Å². The molecular formula is C17H17ClN2. The van der Waals surface area contributed by atoms with Crippen LogP contribution in [0.15, 0.2) is 53.5 Å². The van der Waals surface area contributed by atoms with E-state index < -0.39 is 0 Å². The maximum absolute atomic E-state index is 6.04. The third-order valence-corrected chi connectivity index (χ3v) is 3.63. The van der Waals surface area contributed by atoms with Crippen LogP contribution < -0.4 is 5.32 Å². The van der Waals surface area contributed by atoms with E-state index in [1.807, 2.05) is 36.4 Å². The van der Waals surface area contributed by atoms with Crippen LogP contribution in [-0.2, 0) is 0 Å². The molecule has 2 nitrogen and oxygen atoms in total. The molecule has 3 heteroatoms. The number of rotatable bonds is 1. The Bertz CT molecular complexity index is 674. The van der Waals surface area contributed by atoms with Gasteiger partial charge in [-0.15, -0.1) is 0 Å². The van der Waals surface area contributed by atoms with Gasteiger partial charge < -0.3 is 5.32 Å². The van der Waals surface area contributed by atoms with E-state index in [1.54, 1.807) is 0 Å². The molecule has 0 amide bonds. The number of nitrogens with one attached hydrogen (secondary N) is 1. The molecule has 0 saturated carbocycles. The van der Waals surface area contributed by atoms with E-state index in [0.717, 1.165) is 23.5 Å². The maximum Gasteiger partial charge on any atom is 0.0648 e. The van der Waals surface area contributed by atoms with E-state index in [2.05, 4.69) is 31.3 Å². The van der Waals surface area contributed by atoms with Crippen molar-refractivity contribution in [3.05, 3.63) is 59.1 Å². The Labute approximate surface area is 124 Å². The van der Waals surface area contributed by atoms with Gasteiger partial charge in [-0.1, -0.05) is 35.9 Å². The van der Waals surface area contributed by atoms with Crippen molar-refractivity contribution in [2.24, 2.45) is 4.99 Å². The van der Waals surface area contributed by atoms with Crippen molar-refractivity contribution in [2.45, 2.75) is 25.8 Å². The van der Waals surface area contributed by atoms with Crippen LogP contribution in [0.2, 0.25) is 5.02 Å². The van der Waals surface area contributed by atoms with Crippen LogP contribution in [0.5, 0.6) is 0 Å². The molecule has 0 radical (unpaired) electrons. The SMILES string of the molecule is CC1(C)CC(=Nc2cccc(Cl)c2)c2ccccc2N1. The summed E-state index contributed by atoms with van der Waals surface area (Å²) in [7, 11) is 0. The number of benzene rings is 2. The van der Waals surface area contributed by atoms with Crippen molar-refractivity contribution in [3.8, 4) is 0 Å². The second-order valence-electron chi connectivity index (χ2n) is 5.77. The largest absolute Gasteiger partial charge is 0.379 e. The molecule has 1 aliphatic heterocycles. The molecule has 0 bridgehead atoms. The first-order chi connectivity index (χ1) is 9.53. The smallest absolute Gasteiger partial charge is 0.0648 e. The summed E-state index contributed by atoms with van der Waals surface area (Å²) < 4.78 is 0. The van der Waals surface area contributed by atoms with E-state index in [0.29, 0.717) is 5.02 Å². The monoisotopic (exact) mass is 284 g/mol. The van der Waals surface area contributed by atoms with Gasteiger partial charge in [-0.25, -0.2) is 0 Å². The summed E-state index contributed by atoms with van der Waals surface area (Å²) in [6.07, 6.45) is 0.885. The van der Waals surface area contributed by atoms with E-state index in [4.69, 9.17) is 16.6 Å². The second kappa shape index (κ2) is 4.95. The minimum atomic E-state index is 0.00572. The highest BCUT2D eigenvalue weighted by atomic mass is 35.5. The first-order valence-corrected chi connectivity index (χ1v) is 7.12. The molecule has 0 saturated heterocycles. The normalized spacial score (nSPS) is 18.4. The van der Waals surface area contributed by atoms with Gasteiger partial charge in [-0.05, 0) is 38.1 Å². The number of anilines is 1. The fraction of sp³-hybridized carbons (Fsp3) is 0.235. The van der Waals surface area contributed by atoms with Crippen LogP contribution in [0.3, 0.4) is 0 Å². The summed E-state index contributed by atoms with van der Waals surface area (Å²) in [5.74, 6) is 0. The lowest BCUT2D eigenvalue weighted by molar-refractivity contribution is 0.585. The van der Waals surface area contributed by atoms with Crippen molar-refractivity contribution in [3.63, 3.8) is 0 Å². The lowest BCUT2D eigenvalue weighted by Crippen LogP contribution is -2.38. The Morgan fingerprint density at radius 3 is 2.70 bits per heavy atom. The number of fused-ring (bicyclic) bond motifs is 1. The molecule has 3 rings (SSSR count). The van der Waals surface area contributed by atoms with Crippen molar-refractivity contribution < 1.29 is 0 Å². The molecule has 0 aromatic heterocycles. The Balaban J connectivity index is 2.09. The van der Waals surface area contributed by atoms with E-state index in [-0.39, 0.29) is 5.54 Å². The standard InChI is InChI=1S/C17H17ClN2/c1-17(2)11-16(14-8-3-4-9-15(14)20-17)19-13-7-5-6-12(18)10-13/h3-10,20H,11H2,1-2H3. The van der Waals surface area contributed by atoms with Gasteiger partial charge in [0, 0.05) is 28.2 Å². The zero-order valence-electron chi connectivity index (χ0n) is 11.7. The lowest BCUT2D eigenvalue weighted by Gasteiger charge is -2.34. The molecule has 1 N–H and O–H groups in total. The van der Waals surface area contributed by atoms with Gasteiger partial charge in [-0.2, -0.15) is 0 Å². The van der Waals surface area contributed by atoms with E-state index >= 15 is 0 Å². The van der Waals surface area contributed by atoms with Crippen LogP contribution in [0.4, 0.5) is 11.4 Å². The van der Waals surface area contributed by atoms with Gasteiger partial charge in [0.15, 0.2) is 0 Å². The van der Waals surface area contributed by atoms with Crippen molar-refractivity contribution in [1.82, 2.24) is 0 Å². The highest BCUT2D eigenvalue weighted by Gasteiger charge is 2.28. The van der Waals surface area contributed by atoms with Gasteiger partial charge >= 0.3 is 0 Å². The van der Waals surface area contributed by atoms with Crippen LogP contribution >= 0.6 is 11.6 Å². The average molecular weight is 285 g/mol. The predicted molar refractivity (Wildman–Crippen MR) is 86.4 cm³/mol. The molecular weight excluding hydrogens is 268 g/mol. The summed E-state index contributed by atoms with van der Waals surface area (Å²) in [5.41, 5.74) is 4.33. The zero-order valence-corrected chi connectivity index (χ0v) is 12.4. The van der Waals surface area contributed by atoms with Crippen molar-refractivity contribution in [1.29, 1.82) is 0 Å². The molecule has 0 aliphatic carbocycles. The maximum atomic E-state index is 6.04. The quantitative estimate of drug-likeness (QED) is 0.778. The van der Waals surface area contributed by atoms with Gasteiger partial charge in [0.2, 0.25) is 0 Å². The van der Waals surface area contributed by atoms with Gasteiger partial charge in [0.05, 0.1) is 11.4 Å². The molecule has 1 heterocycles. The number of aliphatic imine (C=N–C) groups is 1. The fourth-order valence-corrected chi connectivity index (χ4v) is 2.75. The zero-order chi connectivity index (χ0) is 14.2. The third-order valence-electron chi connectivity index (χ3n) is 3.39. The summed E-state index contributed by atoms with van der Waals surface area (Å²) in [4.78, 5) is 4.81. The number of halogens is 1. The summed E-state index contributed by atoms with van der Waals surface area (Å²) in [6, 6.07) is 16.0. The minimum Gasteiger partial charge on any atom is -0.379 e. The molecule has 1 aliphatic rings. The number of para-hydroxylation sites is 1. The second-order valence-corrected chi connectivity index (χ2v) is 6.21. The minimum absolute atomic E-state index is 0.00572. The van der Waals surface area contributed by atoms with Crippen LogP contribution in [0, 0.1) is 0 Å². The Morgan fingerprint density at radius 1 is 1.10 bits per heavy atom. The first kappa shape index (κ1) is 13.2. The van der Waals surface area contributed by atoms with Crippen LogP contribution in [0.25, 0.3) is 0 Å². The number of nitrogens with zero attached hydrogens (tertiary/aromatic N) is 1. The predicted octanol–water partition coefficient (Wildman–Crippen LogP) is 5.06. The average Bonchev–Trinajstić information content (AvgIpc) is 2.37. The van der Waals surface area contributed by atoms with Gasteiger partial charge in [-0.3, -0.25) is 4.99 Å². The molecule has 102 valence electrons. The summed E-state index contributed by atoms with van der Waals surface area (Å²) in [5, 5.41) is 4.27. The summed E-state index contributed by atoms with van der Waals surface area (Å²) >= 11 is 6.04.